The van der Waals surface area contributed by atoms with Crippen LogP contribution in [0.25, 0.3) is 0 Å². The fourth-order valence-electron chi connectivity index (χ4n) is 3.59. The minimum Gasteiger partial charge on any atom is -0.341 e. The summed E-state index contributed by atoms with van der Waals surface area (Å²) in [5.41, 5.74) is 1.14. The topological polar surface area (TPSA) is 71.8 Å². The van der Waals surface area contributed by atoms with Crippen molar-refractivity contribution >= 4 is 5.95 Å². The van der Waals surface area contributed by atoms with Gasteiger partial charge in [-0.1, -0.05) is 6.92 Å². The van der Waals surface area contributed by atoms with Crippen LogP contribution < -0.4 is 10.2 Å². The minimum atomic E-state index is 0.456. The molecule has 7 nitrogen and oxygen atoms in total. The summed E-state index contributed by atoms with van der Waals surface area (Å²) in [4.78, 5) is 11.3. The van der Waals surface area contributed by atoms with Crippen LogP contribution in [0.3, 0.4) is 0 Å². The number of fused-ring (bicyclic) bond motifs is 1. The van der Waals surface area contributed by atoms with E-state index in [0.29, 0.717) is 6.04 Å². The number of nitrogens with one attached hydrogen (secondary N) is 1. The maximum Gasteiger partial charge on any atom is 0.225 e. The quantitative estimate of drug-likeness (QED) is 0.893. The third-order valence-electron chi connectivity index (χ3n) is 5.02. The lowest BCUT2D eigenvalue weighted by atomic mass is 10.1. The first-order valence-corrected chi connectivity index (χ1v) is 9.03. The summed E-state index contributed by atoms with van der Waals surface area (Å²) in [6.45, 7) is 6.07. The van der Waals surface area contributed by atoms with Crippen molar-refractivity contribution in [3.8, 4) is 0 Å². The average Bonchev–Trinajstić information content (AvgIpc) is 3.29. The van der Waals surface area contributed by atoms with E-state index in [1.165, 1.54) is 12.8 Å². The highest BCUT2D eigenvalue weighted by Gasteiger charge is 2.22. The van der Waals surface area contributed by atoms with E-state index in [0.717, 1.165) is 68.6 Å². The summed E-state index contributed by atoms with van der Waals surface area (Å²) in [5, 5.41) is 12.2. The largest absolute Gasteiger partial charge is 0.341 e. The van der Waals surface area contributed by atoms with Gasteiger partial charge < -0.3 is 14.8 Å². The van der Waals surface area contributed by atoms with Crippen LogP contribution in [0.1, 0.15) is 43.4 Å². The van der Waals surface area contributed by atoms with Gasteiger partial charge in [0.15, 0.2) is 0 Å². The van der Waals surface area contributed by atoms with Crippen molar-refractivity contribution in [1.82, 2.24) is 30.0 Å². The van der Waals surface area contributed by atoms with E-state index in [1.54, 1.807) is 0 Å². The molecule has 1 atom stereocenters. The fourth-order valence-corrected chi connectivity index (χ4v) is 3.59. The molecule has 2 aromatic rings. The molecule has 24 heavy (non-hydrogen) atoms. The molecule has 0 saturated carbocycles. The van der Waals surface area contributed by atoms with Gasteiger partial charge in [0, 0.05) is 63.0 Å². The number of aromatic nitrogens is 5. The van der Waals surface area contributed by atoms with E-state index in [4.69, 9.17) is 0 Å². The van der Waals surface area contributed by atoms with E-state index in [1.807, 2.05) is 12.4 Å². The molecule has 128 valence electrons. The Balaban J connectivity index is 1.34. The zero-order chi connectivity index (χ0) is 16.4. The highest BCUT2D eigenvalue weighted by Crippen LogP contribution is 2.17. The van der Waals surface area contributed by atoms with E-state index < -0.39 is 0 Å². The summed E-state index contributed by atoms with van der Waals surface area (Å²) in [6.07, 6.45) is 9.45. The molecule has 0 aliphatic carbocycles. The predicted molar refractivity (Wildman–Crippen MR) is 91.8 cm³/mol. The van der Waals surface area contributed by atoms with Gasteiger partial charge in [-0.25, -0.2) is 9.97 Å². The van der Waals surface area contributed by atoms with Gasteiger partial charge in [0.25, 0.3) is 0 Å². The summed E-state index contributed by atoms with van der Waals surface area (Å²) < 4.78 is 2.27. The van der Waals surface area contributed by atoms with Crippen LogP contribution in [-0.2, 0) is 25.9 Å². The molecular weight excluding hydrogens is 302 g/mol. The SMILES string of the molecule is CCc1nnc2n1CC(NCc1cnc(N3CCCC3)nc1)CC2. The van der Waals surface area contributed by atoms with Gasteiger partial charge in [-0.05, 0) is 19.3 Å². The van der Waals surface area contributed by atoms with Crippen molar-refractivity contribution in [3.63, 3.8) is 0 Å². The van der Waals surface area contributed by atoms with E-state index in [-0.39, 0.29) is 0 Å². The maximum absolute atomic E-state index is 4.53. The number of rotatable bonds is 5. The minimum absolute atomic E-state index is 0.456. The molecule has 7 heteroatoms. The molecule has 2 aliphatic rings. The molecule has 1 N–H and O–H groups in total. The van der Waals surface area contributed by atoms with Crippen LogP contribution in [0.2, 0.25) is 0 Å². The number of nitrogens with zero attached hydrogens (tertiary/aromatic N) is 6. The number of aryl methyl sites for hydroxylation is 2. The third kappa shape index (κ3) is 3.13. The van der Waals surface area contributed by atoms with Crippen LogP contribution in [0, 0.1) is 0 Å². The summed E-state index contributed by atoms with van der Waals surface area (Å²) in [5.74, 6) is 3.09. The van der Waals surface area contributed by atoms with Crippen molar-refractivity contribution in [2.45, 2.75) is 58.2 Å². The standard InChI is InChI=1S/C17H25N7/c1-2-15-21-22-16-6-5-14(12-24(15)16)18-9-13-10-19-17(20-11-13)23-7-3-4-8-23/h10-11,14,18H,2-9,12H2,1H3. The Kier molecular flexibility index (Phi) is 4.42. The van der Waals surface area contributed by atoms with Gasteiger partial charge in [0.05, 0.1) is 0 Å². The zero-order valence-corrected chi connectivity index (χ0v) is 14.3. The molecule has 4 rings (SSSR count). The van der Waals surface area contributed by atoms with Crippen molar-refractivity contribution in [1.29, 1.82) is 0 Å². The lowest BCUT2D eigenvalue weighted by Crippen LogP contribution is -2.37. The van der Waals surface area contributed by atoms with Gasteiger partial charge in [-0.2, -0.15) is 0 Å². The Morgan fingerprint density at radius 3 is 2.71 bits per heavy atom. The average molecular weight is 327 g/mol. The van der Waals surface area contributed by atoms with Crippen LogP contribution in [-0.4, -0.2) is 43.9 Å². The number of hydrogen-bond donors (Lipinski definition) is 1. The molecule has 1 unspecified atom stereocenters. The van der Waals surface area contributed by atoms with Gasteiger partial charge in [-0.15, -0.1) is 10.2 Å². The van der Waals surface area contributed by atoms with Crippen molar-refractivity contribution in [3.05, 3.63) is 29.6 Å². The second-order valence-corrected chi connectivity index (χ2v) is 6.70. The first kappa shape index (κ1) is 15.5. The Hall–Kier alpha value is -2.02. The van der Waals surface area contributed by atoms with Crippen molar-refractivity contribution < 1.29 is 0 Å². The summed E-state index contributed by atoms with van der Waals surface area (Å²) in [6, 6.07) is 0.456. The maximum atomic E-state index is 4.53. The van der Waals surface area contributed by atoms with E-state index in [2.05, 4.69) is 41.9 Å². The molecule has 2 aliphatic heterocycles. The second kappa shape index (κ2) is 6.84. The van der Waals surface area contributed by atoms with Crippen molar-refractivity contribution in [2.75, 3.05) is 18.0 Å². The van der Waals surface area contributed by atoms with Crippen LogP contribution in [0.15, 0.2) is 12.4 Å². The molecule has 0 bridgehead atoms. The zero-order valence-electron chi connectivity index (χ0n) is 14.3. The molecular formula is C17H25N7. The summed E-state index contributed by atoms with van der Waals surface area (Å²) in [7, 11) is 0. The van der Waals surface area contributed by atoms with E-state index >= 15 is 0 Å². The molecule has 2 aromatic heterocycles. The lowest BCUT2D eigenvalue weighted by Gasteiger charge is -2.25. The number of hydrogen-bond acceptors (Lipinski definition) is 6. The van der Waals surface area contributed by atoms with Crippen molar-refractivity contribution in [2.24, 2.45) is 0 Å². The first-order valence-electron chi connectivity index (χ1n) is 9.03. The highest BCUT2D eigenvalue weighted by atomic mass is 15.3. The Bertz CT molecular complexity index is 659. The summed E-state index contributed by atoms with van der Waals surface area (Å²) >= 11 is 0. The smallest absolute Gasteiger partial charge is 0.225 e. The molecule has 0 amide bonds. The normalized spacial score (nSPS) is 20.4. The first-order chi connectivity index (χ1) is 11.8. The van der Waals surface area contributed by atoms with Crippen LogP contribution >= 0.6 is 0 Å². The Morgan fingerprint density at radius 1 is 1.17 bits per heavy atom. The molecule has 1 fully saturated rings. The lowest BCUT2D eigenvalue weighted by molar-refractivity contribution is 0.373. The molecule has 4 heterocycles. The van der Waals surface area contributed by atoms with Gasteiger partial charge in [0.1, 0.15) is 11.6 Å². The van der Waals surface area contributed by atoms with E-state index in [9.17, 15) is 0 Å². The fraction of sp³-hybridized carbons (Fsp3) is 0.647. The van der Waals surface area contributed by atoms with Crippen LogP contribution in [0.5, 0.6) is 0 Å². The predicted octanol–water partition coefficient (Wildman–Crippen LogP) is 1.34. The van der Waals surface area contributed by atoms with Crippen LogP contribution in [0.4, 0.5) is 5.95 Å². The monoisotopic (exact) mass is 327 g/mol. The molecule has 0 spiro atoms. The number of anilines is 1. The van der Waals surface area contributed by atoms with Gasteiger partial charge in [0.2, 0.25) is 5.95 Å². The molecule has 0 radical (unpaired) electrons. The Labute approximate surface area is 142 Å². The second-order valence-electron chi connectivity index (χ2n) is 6.70. The third-order valence-corrected chi connectivity index (χ3v) is 5.02. The Morgan fingerprint density at radius 2 is 1.96 bits per heavy atom. The van der Waals surface area contributed by atoms with Gasteiger partial charge >= 0.3 is 0 Å². The molecule has 0 aromatic carbocycles. The highest BCUT2D eigenvalue weighted by molar-refractivity contribution is 5.30. The van der Waals surface area contributed by atoms with Gasteiger partial charge in [-0.3, -0.25) is 0 Å². The molecule has 1 saturated heterocycles.